The van der Waals surface area contributed by atoms with Crippen molar-refractivity contribution in [2.75, 3.05) is 20.8 Å². The molecule has 5 heteroatoms. The zero-order valence-corrected chi connectivity index (χ0v) is 8.23. The fourth-order valence-electron chi connectivity index (χ4n) is 1.18. The topological polar surface area (TPSA) is 77.6 Å². The standard InChI is InChI=1S/C9H14N2O3/c1-13-8-6(7(10)5-12)3-4-11-9(8)14-2/h3-4,7,12H,5,10H2,1-2H3. The lowest BCUT2D eigenvalue weighted by Crippen LogP contribution is -2.16. The number of aliphatic hydroxyl groups is 1. The largest absolute Gasteiger partial charge is 0.491 e. The minimum Gasteiger partial charge on any atom is -0.491 e. The van der Waals surface area contributed by atoms with Crippen LogP contribution in [0.3, 0.4) is 0 Å². The number of aromatic nitrogens is 1. The third-order valence-corrected chi connectivity index (χ3v) is 1.90. The summed E-state index contributed by atoms with van der Waals surface area (Å²) in [6.07, 6.45) is 1.56. The Morgan fingerprint density at radius 2 is 2.21 bits per heavy atom. The van der Waals surface area contributed by atoms with Gasteiger partial charge in [-0.3, -0.25) is 0 Å². The number of aliphatic hydroxyl groups excluding tert-OH is 1. The second-order valence-corrected chi connectivity index (χ2v) is 2.73. The van der Waals surface area contributed by atoms with Gasteiger partial charge in [0.15, 0.2) is 5.75 Å². The molecule has 1 aromatic rings. The zero-order valence-electron chi connectivity index (χ0n) is 8.23. The lowest BCUT2D eigenvalue weighted by Gasteiger charge is -2.14. The fourth-order valence-corrected chi connectivity index (χ4v) is 1.18. The molecule has 0 aromatic carbocycles. The molecule has 5 nitrogen and oxygen atoms in total. The van der Waals surface area contributed by atoms with Crippen molar-refractivity contribution in [1.82, 2.24) is 4.98 Å². The molecule has 1 atom stereocenters. The highest BCUT2D eigenvalue weighted by atomic mass is 16.5. The first-order valence-corrected chi connectivity index (χ1v) is 4.18. The number of rotatable bonds is 4. The third kappa shape index (κ3) is 1.94. The molecule has 1 rings (SSSR count). The monoisotopic (exact) mass is 198 g/mol. The SMILES string of the molecule is COc1nccc(C(N)CO)c1OC. The number of pyridine rings is 1. The minimum atomic E-state index is -0.484. The lowest BCUT2D eigenvalue weighted by atomic mass is 10.1. The molecule has 1 unspecified atom stereocenters. The van der Waals surface area contributed by atoms with Crippen LogP contribution in [0.4, 0.5) is 0 Å². The number of nitrogens with zero attached hydrogens (tertiary/aromatic N) is 1. The molecular weight excluding hydrogens is 184 g/mol. The normalized spacial score (nSPS) is 12.3. The maximum atomic E-state index is 8.93. The molecule has 1 aromatic heterocycles. The van der Waals surface area contributed by atoms with Gasteiger partial charge < -0.3 is 20.3 Å². The molecule has 14 heavy (non-hydrogen) atoms. The van der Waals surface area contributed by atoms with E-state index >= 15 is 0 Å². The van der Waals surface area contributed by atoms with E-state index in [1.54, 1.807) is 12.3 Å². The number of nitrogens with two attached hydrogens (primary N) is 1. The van der Waals surface area contributed by atoms with Gasteiger partial charge in [0.2, 0.25) is 0 Å². The second-order valence-electron chi connectivity index (χ2n) is 2.73. The molecule has 0 aliphatic heterocycles. The van der Waals surface area contributed by atoms with Crippen molar-refractivity contribution in [3.8, 4) is 11.6 Å². The van der Waals surface area contributed by atoms with Crippen molar-refractivity contribution in [2.24, 2.45) is 5.73 Å². The van der Waals surface area contributed by atoms with E-state index in [1.165, 1.54) is 14.2 Å². The Kier molecular flexibility index (Phi) is 3.67. The average Bonchev–Trinajstić information content (AvgIpc) is 2.26. The summed E-state index contributed by atoms with van der Waals surface area (Å²) in [6.45, 7) is -0.149. The second kappa shape index (κ2) is 4.78. The molecular formula is C9H14N2O3. The highest BCUT2D eigenvalue weighted by Crippen LogP contribution is 2.31. The molecule has 0 bridgehead atoms. The maximum absolute atomic E-state index is 8.93. The summed E-state index contributed by atoms with van der Waals surface area (Å²) in [5.41, 5.74) is 6.36. The predicted octanol–water partition coefficient (Wildman–Crippen LogP) is 0.0909. The van der Waals surface area contributed by atoms with Crippen molar-refractivity contribution in [3.05, 3.63) is 17.8 Å². The van der Waals surface area contributed by atoms with Gasteiger partial charge in [0.1, 0.15) is 0 Å². The van der Waals surface area contributed by atoms with Crippen molar-refractivity contribution in [3.63, 3.8) is 0 Å². The van der Waals surface area contributed by atoms with E-state index in [0.717, 1.165) is 0 Å². The van der Waals surface area contributed by atoms with Crippen LogP contribution in [0.25, 0.3) is 0 Å². The van der Waals surface area contributed by atoms with Gasteiger partial charge in [-0.25, -0.2) is 4.98 Å². The van der Waals surface area contributed by atoms with Gasteiger partial charge in [-0.2, -0.15) is 0 Å². The van der Waals surface area contributed by atoms with E-state index in [1.807, 2.05) is 0 Å². The van der Waals surface area contributed by atoms with Crippen LogP contribution in [0.1, 0.15) is 11.6 Å². The molecule has 0 saturated heterocycles. The number of hydrogen-bond donors (Lipinski definition) is 2. The average molecular weight is 198 g/mol. The first-order chi connectivity index (χ1) is 6.74. The highest BCUT2D eigenvalue weighted by Gasteiger charge is 2.15. The van der Waals surface area contributed by atoms with Crippen LogP contribution in [-0.2, 0) is 0 Å². The molecule has 0 spiro atoms. The molecule has 3 N–H and O–H groups in total. The Balaban J connectivity index is 3.14. The summed E-state index contributed by atoms with van der Waals surface area (Å²) in [5.74, 6) is 0.838. The van der Waals surface area contributed by atoms with E-state index in [-0.39, 0.29) is 6.61 Å². The van der Waals surface area contributed by atoms with Gasteiger partial charge in [0.25, 0.3) is 5.88 Å². The van der Waals surface area contributed by atoms with Crippen LogP contribution in [0.15, 0.2) is 12.3 Å². The minimum absolute atomic E-state index is 0.149. The van der Waals surface area contributed by atoms with E-state index in [0.29, 0.717) is 17.2 Å². The van der Waals surface area contributed by atoms with E-state index in [9.17, 15) is 0 Å². The number of methoxy groups -OCH3 is 2. The first-order valence-electron chi connectivity index (χ1n) is 4.18. The molecule has 0 radical (unpaired) electrons. The summed E-state index contributed by atoms with van der Waals surface area (Å²) in [5, 5.41) is 8.93. The Labute approximate surface area is 82.5 Å². The molecule has 78 valence electrons. The van der Waals surface area contributed by atoms with Crippen LogP contribution in [0.5, 0.6) is 11.6 Å². The van der Waals surface area contributed by atoms with Crippen molar-refractivity contribution < 1.29 is 14.6 Å². The van der Waals surface area contributed by atoms with E-state index < -0.39 is 6.04 Å². The van der Waals surface area contributed by atoms with Gasteiger partial charge in [-0.1, -0.05) is 0 Å². The third-order valence-electron chi connectivity index (χ3n) is 1.90. The van der Waals surface area contributed by atoms with Crippen molar-refractivity contribution >= 4 is 0 Å². The number of hydrogen-bond acceptors (Lipinski definition) is 5. The molecule has 0 amide bonds. The zero-order chi connectivity index (χ0) is 10.6. The van der Waals surface area contributed by atoms with E-state index in [4.69, 9.17) is 20.3 Å². The van der Waals surface area contributed by atoms with Gasteiger partial charge in [-0.05, 0) is 6.07 Å². The van der Waals surface area contributed by atoms with Gasteiger partial charge in [0.05, 0.1) is 26.9 Å². The Bertz CT molecular complexity index is 304. The van der Waals surface area contributed by atoms with Crippen LogP contribution in [0, 0.1) is 0 Å². The van der Waals surface area contributed by atoms with E-state index in [2.05, 4.69) is 4.98 Å². The lowest BCUT2D eigenvalue weighted by molar-refractivity contribution is 0.262. The summed E-state index contributed by atoms with van der Waals surface area (Å²) in [6, 6.07) is 1.21. The molecule has 1 heterocycles. The van der Waals surface area contributed by atoms with Gasteiger partial charge in [0, 0.05) is 11.8 Å². The summed E-state index contributed by atoms with van der Waals surface area (Å²) < 4.78 is 10.1. The molecule has 0 saturated carbocycles. The van der Waals surface area contributed by atoms with Crippen molar-refractivity contribution in [1.29, 1.82) is 0 Å². The van der Waals surface area contributed by atoms with Gasteiger partial charge in [-0.15, -0.1) is 0 Å². The fraction of sp³-hybridized carbons (Fsp3) is 0.444. The van der Waals surface area contributed by atoms with Gasteiger partial charge >= 0.3 is 0 Å². The molecule has 0 aliphatic rings. The number of ether oxygens (including phenoxy) is 2. The Hall–Kier alpha value is -1.33. The van der Waals surface area contributed by atoms with Crippen LogP contribution >= 0.6 is 0 Å². The summed E-state index contributed by atoms with van der Waals surface area (Å²) in [7, 11) is 3.01. The smallest absolute Gasteiger partial charge is 0.257 e. The summed E-state index contributed by atoms with van der Waals surface area (Å²) >= 11 is 0. The predicted molar refractivity (Wildman–Crippen MR) is 51.4 cm³/mol. The Morgan fingerprint density at radius 1 is 1.50 bits per heavy atom. The summed E-state index contributed by atoms with van der Waals surface area (Å²) in [4.78, 5) is 3.96. The maximum Gasteiger partial charge on any atom is 0.257 e. The first kappa shape index (κ1) is 10.7. The van der Waals surface area contributed by atoms with Crippen LogP contribution < -0.4 is 15.2 Å². The van der Waals surface area contributed by atoms with Crippen LogP contribution in [-0.4, -0.2) is 30.9 Å². The highest BCUT2D eigenvalue weighted by molar-refractivity contribution is 5.43. The molecule has 0 aliphatic carbocycles. The Morgan fingerprint density at radius 3 is 2.71 bits per heavy atom. The van der Waals surface area contributed by atoms with Crippen LogP contribution in [0.2, 0.25) is 0 Å². The quantitative estimate of drug-likeness (QED) is 0.717. The molecule has 0 fully saturated rings. The van der Waals surface area contributed by atoms with Crippen molar-refractivity contribution in [2.45, 2.75) is 6.04 Å².